The Morgan fingerprint density at radius 2 is 1.40 bits per heavy atom. The molecule has 3 rings (SSSR count). The Morgan fingerprint density at radius 3 is 2.03 bits per heavy atom. The van der Waals surface area contributed by atoms with Crippen LogP contribution in [-0.2, 0) is 19.6 Å². The third-order valence-electron chi connectivity index (χ3n) is 5.81. The van der Waals surface area contributed by atoms with Crippen molar-refractivity contribution in [1.82, 2.24) is 9.21 Å². The average Bonchev–Trinajstić information content (AvgIpc) is 3.02. The first-order valence-corrected chi connectivity index (χ1v) is 12.5. The van der Waals surface area contributed by atoms with Gasteiger partial charge in [0.2, 0.25) is 10.0 Å². The zero-order chi connectivity index (χ0) is 21.4. The van der Waals surface area contributed by atoms with Gasteiger partial charge in [0.1, 0.15) is 0 Å². The summed E-state index contributed by atoms with van der Waals surface area (Å²) in [7, 11) is -3.65. The normalized spacial score (nSPS) is 19.4. The van der Waals surface area contributed by atoms with Crippen molar-refractivity contribution >= 4 is 21.9 Å². The lowest BCUT2D eigenvalue weighted by Crippen LogP contribution is -2.37. The minimum Gasteiger partial charge on any atom is -0.452 e. The molecule has 166 valence electrons. The second-order valence-electron chi connectivity index (χ2n) is 8.07. The molecule has 2 heterocycles. The molecule has 0 N–H and O–H groups in total. The van der Waals surface area contributed by atoms with Crippen molar-refractivity contribution < 1.29 is 22.7 Å². The van der Waals surface area contributed by atoms with Crippen molar-refractivity contribution in [2.45, 2.75) is 62.7 Å². The zero-order valence-corrected chi connectivity index (χ0v) is 18.4. The molecular weight excluding hydrogens is 404 g/mol. The number of esters is 1. The molecule has 30 heavy (non-hydrogen) atoms. The maximum Gasteiger partial charge on any atom is 0.338 e. The molecule has 1 aromatic carbocycles. The summed E-state index contributed by atoms with van der Waals surface area (Å²) in [6.07, 6.45) is 9.12. The number of hydrogen-bond donors (Lipinski definition) is 0. The summed E-state index contributed by atoms with van der Waals surface area (Å²) in [6, 6.07) is 5.91. The molecule has 1 aromatic rings. The molecule has 0 bridgehead atoms. The highest BCUT2D eigenvalue weighted by molar-refractivity contribution is 7.89. The van der Waals surface area contributed by atoms with Gasteiger partial charge in [-0.1, -0.05) is 38.2 Å². The third kappa shape index (κ3) is 6.04. The largest absolute Gasteiger partial charge is 0.452 e. The highest BCUT2D eigenvalue weighted by Crippen LogP contribution is 2.21. The predicted molar refractivity (Wildman–Crippen MR) is 114 cm³/mol. The van der Waals surface area contributed by atoms with Gasteiger partial charge in [0.15, 0.2) is 6.61 Å². The fourth-order valence-corrected chi connectivity index (χ4v) is 5.58. The highest BCUT2D eigenvalue weighted by atomic mass is 32.2. The Labute approximate surface area is 179 Å². The molecule has 7 nitrogen and oxygen atoms in total. The van der Waals surface area contributed by atoms with Crippen molar-refractivity contribution in [3.8, 4) is 0 Å². The third-order valence-corrected chi connectivity index (χ3v) is 7.70. The van der Waals surface area contributed by atoms with Crippen LogP contribution in [0.4, 0.5) is 0 Å². The van der Waals surface area contributed by atoms with E-state index in [1.54, 1.807) is 11.0 Å². The molecule has 2 fully saturated rings. The topological polar surface area (TPSA) is 84.0 Å². The van der Waals surface area contributed by atoms with Crippen molar-refractivity contribution in [2.24, 2.45) is 0 Å². The first kappa shape index (κ1) is 22.7. The molecule has 8 heteroatoms. The zero-order valence-electron chi connectivity index (χ0n) is 17.6. The second kappa shape index (κ2) is 10.9. The van der Waals surface area contributed by atoms with E-state index in [4.69, 9.17) is 4.74 Å². The van der Waals surface area contributed by atoms with E-state index >= 15 is 0 Å². The predicted octanol–water partition coefficient (Wildman–Crippen LogP) is 3.20. The lowest BCUT2D eigenvalue weighted by molar-refractivity contribution is -0.134. The van der Waals surface area contributed by atoms with Gasteiger partial charge in [0.05, 0.1) is 10.5 Å². The van der Waals surface area contributed by atoms with Crippen molar-refractivity contribution in [3.63, 3.8) is 0 Å². The number of benzene rings is 1. The summed E-state index contributed by atoms with van der Waals surface area (Å²) in [4.78, 5) is 26.7. The lowest BCUT2D eigenvalue weighted by atomic mass is 10.1. The van der Waals surface area contributed by atoms with Gasteiger partial charge in [0, 0.05) is 26.2 Å². The quantitative estimate of drug-likeness (QED) is 0.662. The molecule has 0 aromatic heterocycles. The van der Waals surface area contributed by atoms with E-state index in [2.05, 4.69) is 0 Å². The van der Waals surface area contributed by atoms with Gasteiger partial charge in [-0.15, -0.1) is 0 Å². The van der Waals surface area contributed by atoms with Crippen LogP contribution in [0, 0.1) is 0 Å². The van der Waals surface area contributed by atoms with E-state index in [-0.39, 0.29) is 23.0 Å². The molecule has 0 radical (unpaired) electrons. The smallest absolute Gasteiger partial charge is 0.338 e. The Hall–Kier alpha value is -1.93. The summed E-state index contributed by atoms with van der Waals surface area (Å²) >= 11 is 0. The highest BCUT2D eigenvalue weighted by Gasteiger charge is 2.26. The van der Waals surface area contributed by atoms with Crippen LogP contribution in [-0.4, -0.2) is 62.3 Å². The molecule has 2 saturated heterocycles. The van der Waals surface area contributed by atoms with E-state index in [9.17, 15) is 18.0 Å². The molecule has 0 aliphatic carbocycles. The molecule has 1 amide bonds. The Morgan fingerprint density at radius 1 is 0.833 bits per heavy atom. The Kier molecular flexibility index (Phi) is 8.27. The Balaban J connectivity index is 1.62. The van der Waals surface area contributed by atoms with Gasteiger partial charge in [-0.2, -0.15) is 4.31 Å². The van der Waals surface area contributed by atoms with Gasteiger partial charge in [0.25, 0.3) is 5.91 Å². The van der Waals surface area contributed by atoms with Crippen molar-refractivity contribution in [3.05, 3.63) is 29.8 Å². The van der Waals surface area contributed by atoms with Crippen LogP contribution in [0.1, 0.15) is 68.1 Å². The molecular formula is C22H32N2O5S. The van der Waals surface area contributed by atoms with Gasteiger partial charge in [-0.3, -0.25) is 4.79 Å². The van der Waals surface area contributed by atoms with Crippen LogP contribution in [0.25, 0.3) is 0 Å². The number of nitrogens with zero attached hydrogens (tertiary/aromatic N) is 2. The monoisotopic (exact) mass is 436 g/mol. The van der Waals surface area contributed by atoms with E-state index in [1.807, 2.05) is 0 Å². The minimum absolute atomic E-state index is 0.0916. The summed E-state index contributed by atoms with van der Waals surface area (Å²) < 4.78 is 32.6. The van der Waals surface area contributed by atoms with E-state index < -0.39 is 16.0 Å². The number of ether oxygens (including phenoxy) is 1. The van der Waals surface area contributed by atoms with Crippen molar-refractivity contribution in [2.75, 3.05) is 32.8 Å². The van der Waals surface area contributed by atoms with Crippen LogP contribution in [0.5, 0.6) is 0 Å². The molecule has 2 aliphatic rings. The molecule has 0 atom stereocenters. The van der Waals surface area contributed by atoms with E-state index in [0.717, 1.165) is 51.4 Å². The molecule has 0 spiro atoms. The van der Waals surface area contributed by atoms with Crippen LogP contribution in [0.2, 0.25) is 0 Å². The number of hydrogen-bond acceptors (Lipinski definition) is 5. The van der Waals surface area contributed by atoms with Gasteiger partial charge < -0.3 is 9.64 Å². The van der Waals surface area contributed by atoms with E-state index in [0.29, 0.717) is 26.2 Å². The fraction of sp³-hybridized carbons (Fsp3) is 0.636. The van der Waals surface area contributed by atoms with Gasteiger partial charge in [-0.25, -0.2) is 13.2 Å². The maximum absolute atomic E-state index is 13.0. The molecule has 2 aliphatic heterocycles. The van der Waals surface area contributed by atoms with Gasteiger partial charge in [-0.05, 0) is 43.9 Å². The first-order chi connectivity index (χ1) is 14.5. The molecule has 0 saturated carbocycles. The van der Waals surface area contributed by atoms with Gasteiger partial charge >= 0.3 is 5.97 Å². The number of amides is 1. The standard InChI is InChI=1S/C22H32N2O5S/c25-21(23-13-6-2-1-3-7-14-23)18-29-22(26)19-11-10-12-20(17-19)30(27,28)24-15-8-4-5-9-16-24/h10-12,17H,1-9,13-16,18H2. The van der Waals surface area contributed by atoms with Crippen LogP contribution >= 0.6 is 0 Å². The molecule has 0 unspecified atom stereocenters. The SMILES string of the molecule is O=C(OCC(=O)N1CCCCCCC1)c1cccc(S(=O)(=O)N2CCCCCC2)c1. The van der Waals surface area contributed by atoms with Crippen molar-refractivity contribution in [1.29, 1.82) is 0 Å². The number of likely N-dealkylation sites (tertiary alicyclic amines) is 1. The summed E-state index contributed by atoms with van der Waals surface area (Å²) in [6.45, 7) is 2.07. The summed E-state index contributed by atoms with van der Waals surface area (Å²) in [5.41, 5.74) is 0.145. The summed E-state index contributed by atoms with van der Waals surface area (Å²) in [5, 5.41) is 0. The van der Waals surface area contributed by atoms with Crippen LogP contribution < -0.4 is 0 Å². The van der Waals surface area contributed by atoms with Crippen LogP contribution in [0.3, 0.4) is 0 Å². The Bertz CT molecular complexity index is 824. The fourth-order valence-electron chi connectivity index (χ4n) is 4.01. The lowest BCUT2D eigenvalue weighted by Gasteiger charge is -2.24. The minimum atomic E-state index is -3.65. The first-order valence-electron chi connectivity index (χ1n) is 11.0. The summed E-state index contributed by atoms with van der Waals surface area (Å²) in [5.74, 6) is -0.873. The maximum atomic E-state index is 13.0. The second-order valence-corrected chi connectivity index (χ2v) is 10.0. The number of sulfonamides is 1. The van der Waals surface area contributed by atoms with Crippen LogP contribution in [0.15, 0.2) is 29.2 Å². The number of carbonyl (C=O) groups is 2. The number of rotatable bonds is 5. The van der Waals surface area contributed by atoms with E-state index in [1.165, 1.54) is 28.9 Å². The number of carbonyl (C=O) groups excluding carboxylic acids is 2. The average molecular weight is 437 g/mol.